The summed E-state index contributed by atoms with van der Waals surface area (Å²) in [6.07, 6.45) is 0. The number of hydrogen-bond donors (Lipinski definition) is 3. The molecule has 4 N–H and O–H groups in total. The van der Waals surface area contributed by atoms with Crippen LogP contribution in [0.5, 0.6) is 5.75 Å². The third-order valence-electron chi connectivity index (χ3n) is 1.97. The SMILES string of the molecule is CCS(=O)(=O)NCc1cc(N)ccc1O. The summed E-state index contributed by atoms with van der Waals surface area (Å²) in [7, 11) is -3.25. The van der Waals surface area contributed by atoms with Crippen molar-refractivity contribution in [3.63, 3.8) is 0 Å². The first kappa shape index (κ1) is 11.8. The molecule has 0 saturated carbocycles. The van der Waals surface area contributed by atoms with E-state index in [1.807, 2.05) is 0 Å². The number of phenolic OH excluding ortho intramolecular Hbond substituents is 1. The predicted octanol–water partition coefficient (Wildman–Crippen LogP) is 0.414. The number of nitrogen functional groups attached to an aromatic ring is 1. The molecule has 0 aliphatic rings. The molecule has 0 unspecified atom stereocenters. The number of sulfonamides is 1. The Labute approximate surface area is 89.0 Å². The Bertz CT molecular complexity index is 443. The highest BCUT2D eigenvalue weighted by atomic mass is 32.2. The Morgan fingerprint density at radius 3 is 2.73 bits per heavy atom. The molecule has 0 spiro atoms. The van der Waals surface area contributed by atoms with Gasteiger partial charge in [0.15, 0.2) is 0 Å². The van der Waals surface area contributed by atoms with E-state index in [9.17, 15) is 13.5 Å². The fourth-order valence-corrected chi connectivity index (χ4v) is 1.62. The van der Waals surface area contributed by atoms with Gasteiger partial charge in [-0.2, -0.15) is 0 Å². The summed E-state index contributed by atoms with van der Waals surface area (Å²) < 4.78 is 24.6. The van der Waals surface area contributed by atoms with Crippen LogP contribution < -0.4 is 10.5 Å². The van der Waals surface area contributed by atoms with Gasteiger partial charge >= 0.3 is 0 Å². The Hall–Kier alpha value is -1.27. The Morgan fingerprint density at radius 1 is 1.47 bits per heavy atom. The maximum Gasteiger partial charge on any atom is 0.211 e. The molecule has 84 valence electrons. The number of phenols is 1. The topological polar surface area (TPSA) is 92.4 Å². The summed E-state index contributed by atoms with van der Waals surface area (Å²) >= 11 is 0. The van der Waals surface area contributed by atoms with Gasteiger partial charge in [0.1, 0.15) is 5.75 Å². The smallest absolute Gasteiger partial charge is 0.211 e. The number of benzene rings is 1. The molecular formula is C9H14N2O3S. The summed E-state index contributed by atoms with van der Waals surface area (Å²) in [5.41, 5.74) is 6.46. The summed E-state index contributed by atoms with van der Waals surface area (Å²) in [6, 6.07) is 4.52. The first-order valence-electron chi connectivity index (χ1n) is 4.49. The van der Waals surface area contributed by atoms with Gasteiger partial charge in [0.2, 0.25) is 10.0 Å². The second-order valence-electron chi connectivity index (χ2n) is 3.11. The van der Waals surface area contributed by atoms with E-state index < -0.39 is 10.0 Å². The lowest BCUT2D eigenvalue weighted by Crippen LogP contribution is -2.24. The second-order valence-corrected chi connectivity index (χ2v) is 5.21. The number of aromatic hydroxyl groups is 1. The van der Waals surface area contributed by atoms with Gasteiger partial charge in [0, 0.05) is 17.8 Å². The lowest BCUT2D eigenvalue weighted by Gasteiger charge is -2.07. The van der Waals surface area contributed by atoms with Crippen molar-refractivity contribution in [3.05, 3.63) is 23.8 Å². The van der Waals surface area contributed by atoms with Crippen LogP contribution in [0.1, 0.15) is 12.5 Å². The molecule has 1 rings (SSSR count). The average molecular weight is 230 g/mol. The first-order chi connectivity index (χ1) is 6.94. The van der Waals surface area contributed by atoms with E-state index in [2.05, 4.69) is 4.72 Å². The van der Waals surface area contributed by atoms with Crippen LogP contribution in [0.2, 0.25) is 0 Å². The third-order valence-corrected chi connectivity index (χ3v) is 3.31. The maximum atomic E-state index is 11.1. The van der Waals surface area contributed by atoms with Gasteiger partial charge in [0.05, 0.1) is 5.75 Å². The van der Waals surface area contributed by atoms with Crippen molar-refractivity contribution in [1.82, 2.24) is 4.72 Å². The minimum atomic E-state index is -3.25. The van der Waals surface area contributed by atoms with Crippen LogP contribution in [0.3, 0.4) is 0 Å². The molecule has 0 aromatic heterocycles. The Morgan fingerprint density at radius 2 is 2.13 bits per heavy atom. The second kappa shape index (κ2) is 4.50. The van der Waals surface area contributed by atoms with Crippen molar-refractivity contribution < 1.29 is 13.5 Å². The lowest BCUT2D eigenvalue weighted by molar-refractivity contribution is 0.467. The van der Waals surface area contributed by atoms with Crippen LogP contribution >= 0.6 is 0 Å². The van der Waals surface area contributed by atoms with Gasteiger partial charge in [-0.15, -0.1) is 0 Å². The minimum Gasteiger partial charge on any atom is -0.508 e. The summed E-state index contributed by atoms with van der Waals surface area (Å²) in [6.45, 7) is 1.59. The van der Waals surface area contributed by atoms with Gasteiger partial charge in [-0.05, 0) is 25.1 Å². The molecule has 0 amide bonds. The van der Waals surface area contributed by atoms with Gasteiger partial charge in [-0.25, -0.2) is 13.1 Å². The van der Waals surface area contributed by atoms with Crippen molar-refractivity contribution in [3.8, 4) is 5.75 Å². The number of anilines is 1. The number of nitrogens with one attached hydrogen (secondary N) is 1. The van der Waals surface area contributed by atoms with Gasteiger partial charge in [0.25, 0.3) is 0 Å². The molecule has 15 heavy (non-hydrogen) atoms. The van der Waals surface area contributed by atoms with Gasteiger partial charge < -0.3 is 10.8 Å². The molecule has 0 aliphatic heterocycles. The van der Waals surface area contributed by atoms with Crippen LogP contribution in [0.4, 0.5) is 5.69 Å². The average Bonchev–Trinajstić information content (AvgIpc) is 2.20. The molecule has 0 fully saturated rings. The predicted molar refractivity (Wildman–Crippen MR) is 58.8 cm³/mol. The van der Waals surface area contributed by atoms with E-state index in [1.165, 1.54) is 12.1 Å². The van der Waals surface area contributed by atoms with Gasteiger partial charge in [-0.3, -0.25) is 0 Å². The molecule has 1 aromatic rings. The van der Waals surface area contributed by atoms with Gasteiger partial charge in [-0.1, -0.05) is 0 Å². The fraction of sp³-hybridized carbons (Fsp3) is 0.333. The standard InChI is InChI=1S/C9H14N2O3S/c1-2-15(13,14)11-6-7-5-8(10)3-4-9(7)12/h3-5,11-12H,2,6,10H2,1H3. The highest BCUT2D eigenvalue weighted by Gasteiger charge is 2.08. The van der Waals surface area contributed by atoms with E-state index in [4.69, 9.17) is 5.73 Å². The van der Waals surface area contributed by atoms with Crippen LogP contribution in [-0.2, 0) is 16.6 Å². The largest absolute Gasteiger partial charge is 0.508 e. The van der Waals surface area contributed by atoms with Crippen molar-refractivity contribution >= 4 is 15.7 Å². The molecule has 0 atom stereocenters. The van der Waals surface area contributed by atoms with Crippen LogP contribution in [0.15, 0.2) is 18.2 Å². The van der Waals surface area contributed by atoms with Crippen LogP contribution in [0, 0.1) is 0 Å². The normalized spacial score (nSPS) is 11.5. The van der Waals surface area contributed by atoms with E-state index in [1.54, 1.807) is 13.0 Å². The molecular weight excluding hydrogens is 216 g/mol. The number of rotatable bonds is 4. The molecule has 0 radical (unpaired) electrons. The van der Waals surface area contributed by atoms with E-state index >= 15 is 0 Å². The van der Waals surface area contributed by atoms with Crippen LogP contribution in [-0.4, -0.2) is 19.3 Å². The zero-order chi connectivity index (χ0) is 11.5. The lowest BCUT2D eigenvalue weighted by atomic mass is 10.2. The summed E-state index contributed by atoms with van der Waals surface area (Å²) in [5, 5.41) is 9.41. The molecule has 0 saturated heterocycles. The summed E-state index contributed by atoms with van der Waals surface area (Å²) in [5.74, 6) is 0.0406. The zero-order valence-electron chi connectivity index (χ0n) is 8.40. The van der Waals surface area contributed by atoms with Crippen molar-refractivity contribution in [2.24, 2.45) is 0 Å². The fourth-order valence-electron chi connectivity index (χ4n) is 1.04. The molecule has 5 nitrogen and oxygen atoms in total. The molecule has 0 heterocycles. The number of nitrogens with two attached hydrogens (primary N) is 1. The van der Waals surface area contributed by atoms with E-state index in [-0.39, 0.29) is 18.0 Å². The van der Waals surface area contributed by atoms with Crippen molar-refractivity contribution in [2.45, 2.75) is 13.5 Å². The maximum absolute atomic E-state index is 11.1. The minimum absolute atomic E-state index is 0.01000. The highest BCUT2D eigenvalue weighted by molar-refractivity contribution is 7.89. The molecule has 0 aliphatic carbocycles. The molecule has 6 heteroatoms. The monoisotopic (exact) mass is 230 g/mol. The third kappa shape index (κ3) is 3.41. The van der Waals surface area contributed by atoms with E-state index in [0.29, 0.717) is 11.3 Å². The quantitative estimate of drug-likeness (QED) is 0.516. The Balaban J connectivity index is 2.78. The Kier molecular flexibility index (Phi) is 3.54. The molecule has 1 aromatic carbocycles. The molecule has 0 bridgehead atoms. The zero-order valence-corrected chi connectivity index (χ0v) is 9.21. The van der Waals surface area contributed by atoms with Crippen LogP contribution in [0.25, 0.3) is 0 Å². The van der Waals surface area contributed by atoms with Crippen molar-refractivity contribution in [2.75, 3.05) is 11.5 Å². The first-order valence-corrected chi connectivity index (χ1v) is 6.14. The highest BCUT2D eigenvalue weighted by Crippen LogP contribution is 2.19. The van der Waals surface area contributed by atoms with Crippen molar-refractivity contribution in [1.29, 1.82) is 0 Å². The number of hydrogen-bond acceptors (Lipinski definition) is 4. The van der Waals surface area contributed by atoms with E-state index in [0.717, 1.165) is 0 Å². The summed E-state index contributed by atoms with van der Waals surface area (Å²) in [4.78, 5) is 0.